The lowest BCUT2D eigenvalue weighted by Gasteiger charge is -2.55. The second-order valence-corrected chi connectivity index (χ2v) is 16.9. The molecule has 16 nitrogen and oxygen atoms in total. The fourth-order valence-corrected chi connectivity index (χ4v) is 10.4. The summed E-state index contributed by atoms with van der Waals surface area (Å²) in [6, 6.07) is 11.4. The van der Waals surface area contributed by atoms with E-state index in [0.29, 0.717) is 29.7 Å². The average Bonchev–Trinajstić information content (AvgIpc) is 3.51. The van der Waals surface area contributed by atoms with Crippen molar-refractivity contribution in [2.45, 2.75) is 81.1 Å². The SMILES string of the molecule is CCOc1ncccc1C1C(C2C(=O)Nc3ccccc32)[N+](C(=O)O)(S(=O)(=O)c2ccc(OC)cc2OC)CC(C#N)N1C1CCN(C(=O)OC(C)(C)C)CC1. The first-order valence-electron chi connectivity index (χ1n) is 18.3. The molecule has 0 saturated carbocycles. The van der Waals surface area contributed by atoms with Crippen molar-refractivity contribution >= 4 is 33.8 Å². The molecule has 0 radical (unpaired) electrons. The first-order chi connectivity index (χ1) is 26.6. The van der Waals surface area contributed by atoms with Crippen LogP contribution < -0.4 is 19.5 Å². The third kappa shape index (κ3) is 6.97. The third-order valence-electron chi connectivity index (χ3n) is 10.6. The van der Waals surface area contributed by atoms with Gasteiger partial charge >= 0.3 is 22.2 Å². The number of piperidine rings is 1. The third-order valence-corrected chi connectivity index (χ3v) is 12.9. The number of piperazine rings is 1. The zero-order chi connectivity index (χ0) is 40.6. The Labute approximate surface area is 326 Å². The van der Waals surface area contributed by atoms with Crippen LogP contribution in [0.5, 0.6) is 17.4 Å². The number of likely N-dealkylation sites (tertiary alicyclic amines) is 1. The van der Waals surface area contributed by atoms with Gasteiger partial charge in [0.1, 0.15) is 29.6 Å². The summed E-state index contributed by atoms with van der Waals surface area (Å²) in [5.74, 6) is -1.81. The van der Waals surface area contributed by atoms with Gasteiger partial charge in [0.15, 0.2) is 17.0 Å². The number of carboxylic acid groups (broad SMARTS) is 1. The van der Waals surface area contributed by atoms with Gasteiger partial charge < -0.3 is 34.3 Å². The van der Waals surface area contributed by atoms with E-state index in [2.05, 4.69) is 16.4 Å². The summed E-state index contributed by atoms with van der Waals surface area (Å²) in [5, 5.41) is 25.5. The number of hydrogen-bond donors (Lipinski definition) is 2. The molecule has 4 heterocycles. The number of benzene rings is 2. The molecule has 0 bridgehead atoms. The molecule has 0 aliphatic carbocycles. The predicted molar refractivity (Wildman–Crippen MR) is 202 cm³/mol. The Kier molecular flexibility index (Phi) is 11.2. The summed E-state index contributed by atoms with van der Waals surface area (Å²) in [6.07, 6.45) is -0.147. The first-order valence-corrected chi connectivity index (χ1v) is 19.8. The maximum Gasteiger partial charge on any atom is 0.529 e. The van der Waals surface area contributed by atoms with Crippen LogP contribution in [0.25, 0.3) is 0 Å². The van der Waals surface area contributed by atoms with Gasteiger partial charge in [0, 0.05) is 42.6 Å². The molecule has 2 aromatic carbocycles. The fourth-order valence-electron chi connectivity index (χ4n) is 8.29. The number of sulfonamides is 1. The van der Waals surface area contributed by atoms with Crippen molar-refractivity contribution < 1.29 is 50.7 Å². The van der Waals surface area contributed by atoms with E-state index in [0.717, 1.165) is 0 Å². The zero-order valence-corrected chi connectivity index (χ0v) is 33.0. The number of quaternary nitrogens is 1. The number of nitriles is 1. The number of para-hydroxylation sites is 1. The number of carbonyl (C=O) groups is 3. The van der Waals surface area contributed by atoms with Crippen LogP contribution in [0.15, 0.2) is 65.7 Å². The Bertz CT molecular complexity index is 2150. The molecule has 6 rings (SSSR count). The highest BCUT2D eigenvalue weighted by Crippen LogP contribution is 2.54. The standard InChI is InChI=1S/C39H46N6O10S/c1-7-54-36-28(12-10-18-41-36)33-34(32-27-11-8-9-13-29(27)42-35(32)46)45(38(48)49,56(50,51)31-15-14-26(52-5)21-30(31)53-6)23-25(22-40)44(33)24-16-19-43(20-17-24)37(47)55-39(2,3)4/h8-15,18,21,24-25,32-34H,7,16-17,19-20,23H2,1-6H3,(H-,42,46,48,49)/p+1. The van der Waals surface area contributed by atoms with Gasteiger partial charge in [0.25, 0.3) is 0 Å². The van der Waals surface area contributed by atoms with Crippen molar-refractivity contribution in [1.29, 1.82) is 5.26 Å². The predicted octanol–water partition coefficient (Wildman–Crippen LogP) is 5.13. The Morgan fingerprint density at radius 1 is 1.05 bits per heavy atom. The zero-order valence-electron chi connectivity index (χ0n) is 32.2. The second kappa shape index (κ2) is 15.6. The summed E-state index contributed by atoms with van der Waals surface area (Å²) in [7, 11) is -2.49. The molecule has 3 aliphatic rings. The highest BCUT2D eigenvalue weighted by molar-refractivity contribution is 7.86. The monoisotopic (exact) mass is 791 g/mol. The largest absolute Gasteiger partial charge is 0.529 e. The van der Waals surface area contributed by atoms with Gasteiger partial charge in [0.2, 0.25) is 11.8 Å². The molecule has 2 fully saturated rings. The lowest BCUT2D eigenvalue weighted by atomic mass is 9.79. The molecule has 56 heavy (non-hydrogen) atoms. The number of amides is 3. The minimum Gasteiger partial charge on any atom is -0.497 e. The average molecular weight is 792 g/mol. The molecular weight excluding hydrogens is 745 g/mol. The van der Waals surface area contributed by atoms with Crippen LogP contribution in [0.4, 0.5) is 15.3 Å². The lowest BCUT2D eigenvalue weighted by Crippen LogP contribution is -2.76. The number of hydrogen-bond acceptors (Lipinski definition) is 12. The Hall–Kier alpha value is -5.44. The quantitative estimate of drug-likeness (QED) is 0.271. The second-order valence-electron chi connectivity index (χ2n) is 14.9. The van der Waals surface area contributed by atoms with E-state index in [1.165, 1.54) is 38.6 Å². The van der Waals surface area contributed by atoms with Crippen molar-refractivity contribution in [1.82, 2.24) is 14.8 Å². The van der Waals surface area contributed by atoms with Crippen LogP contribution in [0, 0.1) is 11.3 Å². The lowest BCUT2D eigenvalue weighted by molar-refractivity contribution is -0.778. The summed E-state index contributed by atoms with van der Waals surface area (Å²) < 4.78 is 51.9. The van der Waals surface area contributed by atoms with E-state index < -0.39 is 79.1 Å². The van der Waals surface area contributed by atoms with E-state index in [4.69, 9.17) is 18.9 Å². The number of carbonyl (C=O) groups excluding carboxylic acids is 2. The maximum absolute atomic E-state index is 15.6. The number of methoxy groups -OCH3 is 2. The van der Waals surface area contributed by atoms with Crippen LogP contribution in [0.1, 0.15) is 63.6 Å². The van der Waals surface area contributed by atoms with Crippen LogP contribution in [0.3, 0.4) is 0 Å². The molecule has 3 aromatic rings. The number of pyridine rings is 1. The van der Waals surface area contributed by atoms with E-state index in [1.54, 1.807) is 69.0 Å². The molecule has 5 unspecified atom stereocenters. The van der Waals surface area contributed by atoms with Gasteiger partial charge in [-0.15, -0.1) is 3.89 Å². The number of nitrogens with zero attached hydrogens (tertiary/aromatic N) is 5. The topological polar surface area (TPSA) is 198 Å². The van der Waals surface area contributed by atoms with Crippen LogP contribution in [-0.2, 0) is 19.6 Å². The molecule has 0 spiro atoms. The van der Waals surface area contributed by atoms with Crippen molar-refractivity contribution in [2.24, 2.45) is 0 Å². The Morgan fingerprint density at radius 2 is 1.75 bits per heavy atom. The molecular formula is C39H47N6O10S+. The molecule has 1 aromatic heterocycles. The van der Waals surface area contributed by atoms with Gasteiger partial charge in [-0.3, -0.25) is 9.69 Å². The van der Waals surface area contributed by atoms with Crippen molar-refractivity contribution in [3.63, 3.8) is 0 Å². The minimum atomic E-state index is -5.13. The smallest absolute Gasteiger partial charge is 0.497 e. The van der Waals surface area contributed by atoms with E-state index in [-0.39, 0.29) is 37.1 Å². The van der Waals surface area contributed by atoms with Crippen molar-refractivity contribution in [2.75, 3.05) is 45.8 Å². The van der Waals surface area contributed by atoms with E-state index >= 15 is 8.42 Å². The number of aromatic nitrogens is 1. The van der Waals surface area contributed by atoms with Gasteiger partial charge in [-0.05, 0) is 70.4 Å². The molecule has 2 saturated heterocycles. The summed E-state index contributed by atoms with van der Waals surface area (Å²) in [6.45, 7) is 6.94. The number of nitrogens with one attached hydrogen (secondary N) is 1. The molecule has 3 amide bonds. The van der Waals surface area contributed by atoms with Crippen LogP contribution >= 0.6 is 0 Å². The molecule has 17 heteroatoms. The molecule has 5 atom stereocenters. The van der Waals surface area contributed by atoms with Crippen molar-refractivity contribution in [3.05, 3.63) is 71.9 Å². The van der Waals surface area contributed by atoms with Crippen LogP contribution in [0.2, 0.25) is 0 Å². The number of anilines is 1. The summed E-state index contributed by atoms with van der Waals surface area (Å²) in [5.41, 5.74) is 0.367. The molecule has 2 N–H and O–H groups in total. The minimum absolute atomic E-state index is 0.0920. The summed E-state index contributed by atoms with van der Waals surface area (Å²) in [4.78, 5) is 49.3. The molecule has 3 aliphatic heterocycles. The number of ether oxygens (including phenoxy) is 4. The van der Waals surface area contributed by atoms with Crippen molar-refractivity contribution in [3.8, 4) is 23.4 Å². The van der Waals surface area contributed by atoms with Gasteiger partial charge in [-0.2, -0.15) is 18.5 Å². The van der Waals surface area contributed by atoms with E-state index in [9.17, 15) is 24.8 Å². The van der Waals surface area contributed by atoms with Gasteiger partial charge in [-0.1, -0.05) is 24.3 Å². The molecule has 298 valence electrons. The highest BCUT2D eigenvalue weighted by Gasteiger charge is 2.70. The van der Waals surface area contributed by atoms with Crippen LogP contribution in [-0.4, -0.2) is 114 Å². The Balaban J connectivity index is 1.64. The number of fused-ring (bicyclic) bond motifs is 1. The summed E-state index contributed by atoms with van der Waals surface area (Å²) >= 11 is 0. The normalized spacial score (nSPS) is 24.4. The van der Waals surface area contributed by atoms with E-state index in [1.807, 2.05) is 4.90 Å². The maximum atomic E-state index is 15.6. The number of rotatable bonds is 9. The highest BCUT2D eigenvalue weighted by atomic mass is 32.2. The fraction of sp³-hybridized carbons (Fsp3) is 0.462. The van der Waals surface area contributed by atoms with Gasteiger partial charge in [-0.25, -0.2) is 9.78 Å². The van der Waals surface area contributed by atoms with Gasteiger partial charge in [0.05, 0.1) is 32.9 Å². The Morgan fingerprint density at radius 3 is 2.38 bits per heavy atom. The first kappa shape index (κ1) is 40.2.